The molecule has 184 valence electrons. The first-order valence-corrected chi connectivity index (χ1v) is 12.6. The molecule has 0 N–H and O–H groups in total. The van der Waals surface area contributed by atoms with Crippen LogP contribution in [0.1, 0.15) is 48.6 Å². The van der Waals surface area contributed by atoms with Crippen molar-refractivity contribution in [1.82, 2.24) is 4.90 Å². The van der Waals surface area contributed by atoms with Gasteiger partial charge in [-0.2, -0.15) is 0 Å². The Morgan fingerprint density at radius 1 is 0.972 bits per heavy atom. The topological polar surface area (TPSA) is 30.9 Å². The highest BCUT2D eigenvalue weighted by Crippen LogP contribution is 2.47. The second-order valence-electron chi connectivity index (χ2n) is 9.68. The van der Waals surface area contributed by atoms with Crippen molar-refractivity contribution in [1.29, 1.82) is 0 Å². The maximum Gasteiger partial charge on any atom is 0.150 e. The Labute approximate surface area is 214 Å². The number of likely N-dealkylation sites (tertiary alicyclic amines) is 1. The summed E-state index contributed by atoms with van der Waals surface area (Å²) in [5, 5.41) is 0. The van der Waals surface area contributed by atoms with Gasteiger partial charge in [0.2, 0.25) is 0 Å². The summed E-state index contributed by atoms with van der Waals surface area (Å²) >= 11 is 0. The molecule has 2 unspecified atom stereocenters. The van der Waals surface area contributed by atoms with Crippen molar-refractivity contribution in [2.24, 2.45) is 5.92 Å². The molecule has 1 saturated heterocycles. The molecule has 5 rings (SSSR count). The first kappa shape index (κ1) is 24.0. The van der Waals surface area contributed by atoms with Crippen LogP contribution in [0.3, 0.4) is 0 Å². The Morgan fingerprint density at radius 2 is 1.75 bits per heavy atom. The van der Waals surface area contributed by atoms with Crippen LogP contribution in [-0.2, 0) is 0 Å². The Balaban J connectivity index is 1.47. The summed E-state index contributed by atoms with van der Waals surface area (Å²) in [6, 6.07) is 22.6. The first-order valence-electron chi connectivity index (χ1n) is 12.6. The normalized spacial score (nSPS) is 19.2. The van der Waals surface area contributed by atoms with E-state index in [0.717, 1.165) is 76.2 Å². The minimum absolute atomic E-state index is 0.244. The number of allylic oxidation sites excluding steroid dienone is 1. The largest absolute Gasteiger partial charge is 0.497 e. The van der Waals surface area contributed by atoms with E-state index in [-0.39, 0.29) is 6.10 Å². The Morgan fingerprint density at radius 3 is 2.47 bits per heavy atom. The molecule has 4 heteroatoms. The van der Waals surface area contributed by atoms with Crippen LogP contribution in [0.25, 0.3) is 11.1 Å². The number of methoxy groups -OCH3 is 2. The van der Waals surface area contributed by atoms with E-state index >= 15 is 0 Å². The minimum atomic E-state index is -0.244. The Hall–Kier alpha value is -3.68. The number of hydrogen-bond donors (Lipinski definition) is 0. The van der Waals surface area contributed by atoms with Gasteiger partial charge in [-0.3, -0.25) is 4.90 Å². The zero-order valence-corrected chi connectivity index (χ0v) is 21.5. The zero-order valence-electron chi connectivity index (χ0n) is 21.5. The van der Waals surface area contributed by atoms with Crippen LogP contribution in [0, 0.1) is 17.8 Å². The third-order valence-electron chi connectivity index (χ3n) is 7.14. The summed E-state index contributed by atoms with van der Waals surface area (Å²) in [4.78, 5) is 2.43. The second kappa shape index (κ2) is 10.5. The van der Waals surface area contributed by atoms with E-state index in [1.54, 1.807) is 14.2 Å². The molecule has 2 heterocycles. The van der Waals surface area contributed by atoms with Gasteiger partial charge in [0.1, 0.15) is 23.4 Å². The van der Waals surface area contributed by atoms with E-state index in [1.807, 2.05) is 30.3 Å². The van der Waals surface area contributed by atoms with Crippen molar-refractivity contribution in [2.75, 3.05) is 33.9 Å². The van der Waals surface area contributed by atoms with Crippen molar-refractivity contribution in [2.45, 2.75) is 26.4 Å². The maximum absolute atomic E-state index is 6.63. The van der Waals surface area contributed by atoms with Gasteiger partial charge < -0.3 is 14.2 Å². The fraction of sp³-hybridized carbons (Fsp3) is 0.312. The van der Waals surface area contributed by atoms with Crippen LogP contribution in [0.2, 0.25) is 0 Å². The predicted octanol–water partition coefficient (Wildman–Crippen LogP) is 6.46. The lowest BCUT2D eigenvalue weighted by atomic mass is 9.86. The van der Waals surface area contributed by atoms with Gasteiger partial charge in [0.25, 0.3) is 0 Å². The number of ether oxygens (including phenoxy) is 3. The number of hydrogen-bond acceptors (Lipinski definition) is 4. The average molecular weight is 480 g/mol. The summed E-state index contributed by atoms with van der Waals surface area (Å²) in [5.74, 6) is 9.96. The smallest absolute Gasteiger partial charge is 0.150 e. The van der Waals surface area contributed by atoms with Gasteiger partial charge in [0, 0.05) is 23.2 Å². The highest BCUT2D eigenvalue weighted by atomic mass is 16.5. The quantitative estimate of drug-likeness (QED) is 0.393. The monoisotopic (exact) mass is 479 g/mol. The molecule has 1 fully saturated rings. The molecular weight excluding hydrogens is 446 g/mol. The van der Waals surface area contributed by atoms with Crippen molar-refractivity contribution in [3.05, 3.63) is 89.0 Å². The third kappa shape index (κ3) is 4.98. The predicted molar refractivity (Wildman–Crippen MR) is 145 cm³/mol. The molecule has 0 amide bonds. The van der Waals surface area contributed by atoms with E-state index in [0.29, 0.717) is 0 Å². The molecule has 36 heavy (non-hydrogen) atoms. The average Bonchev–Trinajstić information content (AvgIpc) is 3.33. The Kier molecular flexibility index (Phi) is 7.02. The maximum atomic E-state index is 6.63. The molecule has 0 saturated carbocycles. The van der Waals surface area contributed by atoms with Crippen LogP contribution in [0.4, 0.5) is 0 Å². The Bertz CT molecular complexity index is 1330. The molecule has 2 aliphatic rings. The van der Waals surface area contributed by atoms with Crippen molar-refractivity contribution in [3.63, 3.8) is 0 Å². The van der Waals surface area contributed by atoms with Crippen molar-refractivity contribution >= 4 is 11.1 Å². The van der Waals surface area contributed by atoms with Gasteiger partial charge >= 0.3 is 0 Å². The van der Waals surface area contributed by atoms with E-state index < -0.39 is 0 Å². The summed E-state index contributed by atoms with van der Waals surface area (Å²) in [7, 11) is 3.38. The summed E-state index contributed by atoms with van der Waals surface area (Å²) in [6.07, 6.45) is 1.03. The lowest BCUT2D eigenvalue weighted by Crippen LogP contribution is -2.20. The summed E-state index contributed by atoms with van der Waals surface area (Å²) < 4.78 is 17.6. The number of benzene rings is 3. The SMILES string of the molecule is COc1cccc(C2=C(C)c3cc(OC)ccc3OC2c2ccc(C#CCN3CCC(C)C3)cc2)c1. The van der Waals surface area contributed by atoms with E-state index in [9.17, 15) is 0 Å². The lowest BCUT2D eigenvalue weighted by Gasteiger charge is -2.31. The molecule has 0 bridgehead atoms. The lowest BCUT2D eigenvalue weighted by molar-refractivity contribution is 0.259. The fourth-order valence-electron chi connectivity index (χ4n) is 5.12. The molecule has 4 nitrogen and oxygen atoms in total. The number of nitrogens with zero attached hydrogens (tertiary/aromatic N) is 1. The molecule has 0 spiro atoms. The van der Waals surface area contributed by atoms with Gasteiger partial charge in [0.15, 0.2) is 0 Å². The minimum Gasteiger partial charge on any atom is -0.497 e. The number of rotatable bonds is 5. The van der Waals surface area contributed by atoms with Crippen molar-refractivity contribution < 1.29 is 14.2 Å². The van der Waals surface area contributed by atoms with Gasteiger partial charge in [-0.25, -0.2) is 0 Å². The summed E-state index contributed by atoms with van der Waals surface area (Å²) in [5.41, 5.74) is 6.52. The second-order valence-corrected chi connectivity index (χ2v) is 9.68. The zero-order chi connectivity index (χ0) is 25.1. The molecule has 2 aliphatic heterocycles. The van der Waals surface area contributed by atoms with Gasteiger partial charge in [0.05, 0.1) is 20.8 Å². The highest BCUT2D eigenvalue weighted by Gasteiger charge is 2.29. The molecule has 3 aromatic rings. The molecule has 2 atom stereocenters. The van der Waals surface area contributed by atoms with Crippen LogP contribution in [0.15, 0.2) is 66.7 Å². The van der Waals surface area contributed by atoms with Gasteiger partial charge in [-0.05, 0) is 85.0 Å². The fourth-order valence-corrected chi connectivity index (χ4v) is 5.12. The van der Waals surface area contributed by atoms with Gasteiger partial charge in [-0.1, -0.05) is 43.0 Å². The summed E-state index contributed by atoms with van der Waals surface area (Å²) in [6.45, 7) is 7.60. The molecule has 0 radical (unpaired) electrons. The molecule has 0 aromatic heterocycles. The van der Waals surface area contributed by atoms with E-state index in [2.05, 4.69) is 67.0 Å². The standard InChI is InChI=1S/C32H33NO3/c1-22-16-18-33(21-22)17-6-7-24-10-12-25(13-11-24)32-31(26-8-5-9-27(19-26)34-3)23(2)29-20-28(35-4)14-15-30(29)36-32/h5,8-15,19-20,22,32H,16-18,21H2,1-4H3. The molecular formula is C32H33NO3. The first-order chi connectivity index (χ1) is 17.6. The third-order valence-corrected chi connectivity index (χ3v) is 7.14. The van der Waals surface area contributed by atoms with Gasteiger partial charge in [-0.15, -0.1) is 0 Å². The number of fused-ring (bicyclic) bond motifs is 1. The molecule has 3 aromatic carbocycles. The van der Waals surface area contributed by atoms with Crippen LogP contribution in [0.5, 0.6) is 17.2 Å². The molecule has 0 aliphatic carbocycles. The highest BCUT2D eigenvalue weighted by molar-refractivity contribution is 5.95. The van der Waals surface area contributed by atoms with E-state index in [1.165, 1.54) is 6.42 Å². The van der Waals surface area contributed by atoms with Crippen molar-refractivity contribution in [3.8, 4) is 29.1 Å². The van der Waals surface area contributed by atoms with Crippen LogP contribution >= 0.6 is 0 Å². The van der Waals surface area contributed by atoms with Crippen LogP contribution < -0.4 is 14.2 Å². The van der Waals surface area contributed by atoms with Crippen LogP contribution in [-0.4, -0.2) is 38.8 Å². The van der Waals surface area contributed by atoms with E-state index in [4.69, 9.17) is 14.2 Å².